The minimum atomic E-state index is -0.150. The van der Waals surface area contributed by atoms with Crippen molar-refractivity contribution in [3.8, 4) is 0 Å². The largest absolute Gasteiger partial charge is 0.346 e. The molecule has 118 valence electrons. The molecule has 1 aliphatic rings. The standard InChI is InChI=1S/C18H19N3O2/c1-13(14-7-9-19-10-8-14)20-18(23)15-4-2-5-16(12-15)21-11-3-6-17(21)22/h2,4-5,7-10,12-13H,3,6,11H2,1H3,(H,20,23)/t13-/m1/s1. The summed E-state index contributed by atoms with van der Waals surface area (Å²) < 4.78 is 0. The molecule has 1 aromatic heterocycles. The Morgan fingerprint density at radius 3 is 2.74 bits per heavy atom. The fraction of sp³-hybridized carbons (Fsp3) is 0.278. The molecule has 1 aliphatic heterocycles. The molecular formula is C18H19N3O2. The van der Waals surface area contributed by atoms with E-state index in [1.165, 1.54) is 0 Å². The maximum absolute atomic E-state index is 12.4. The van der Waals surface area contributed by atoms with Crippen molar-refractivity contribution in [3.05, 3.63) is 59.9 Å². The van der Waals surface area contributed by atoms with Crippen molar-refractivity contribution in [3.63, 3.8) is 0 Å². The van der Waals surface area contributed by atoms with E-state index in [1.54, 1.807) is 29.4 Å². The third-order valence-electron chi connectivity index (χ3n) is 4.05. The van der Waals surface area contributed by atoms with Gasteiger partial charge in [0.2, 0.25) is 5.91 Å². The summed E-state index contributed by atoms with van der Waals surface area (Å²) in [6.07, 6.45) is 4.86. The van der Waals surface area contributed by atoms with Gasteiger partial charge in [-0.3, -0.25) is 14.6 Å². The van der Waals surface area contributed by atoms with Crippen molar-refractivity contribution >= 4 is 17.5 Å². The SMILES string of the molecule is C[C@@H](NC(=O)c1cccc(N2CCCC2=O)c1)c1ccncc1. The zero-order valence-corrected chi connectivity index (χ0v) is 13.0. The fourth-order valence-corrected chi connectivity index (χ4v) is 2.75. The van der Waals surface area contributed by atoms with Gasteiger partial charge in [-0.15, -0.1) is 0 Å². The molecule has 0 unspecified atom stereocenters. The van der Waals surface area contributed by atoms with Gasteiger partial charge < -0.3 is 10.2 Å². The predicted molar refractivity (Wildman–Crippen MR) is 88.1 cm³/mol. The van der Waals surface area contributed by atoms with E-state index in [4.69, 9.17) is 0 Å². The van der Waals surface area contributed by atoms with Crippen molar-refractivity contribution in [2.45, 2.75) is 25.8 Å². The Bertz CT molecular complexity index is 715. The third-order valence-corrected chi connectivity index (χ3v) is 4.05. The highest BCUT2D eigenvalue weighted by Crippen LogP contribution is 2.22. The molecule has 1 atom stereocenters. The lowest BCUT2D eigenvalue weighted by Gasteiger charge is -2.18. The summed E-state index contributed by atoms with van der Waals surface area (Å²) in [6, 6.07) is 10.9. The van der Waals surface area contributed by atoms with Gasteiger partial charge in [0.1, 0.15) is 0 Å². The van der Waals surface area contributed by atoms with Crippen molar-refractivity contribution in [2.75, 3.05) is 11.4 Å². The number of nitrogens with zero attached hydrogens (tertiary/aromatic N) is 2. The number of rotatable bonds is 4. The first-order valence-electron chi connectivity index (χ1n) is 7.76. The first-order valence-corrected chi connectivity index (χ1v) is 7.76. The highest BCUT2D eigenvalue weighted by Gasteiger charge is 2.22. The molecule has 5 nitrogen and oxygen atoms in total. The quantitative estimate of drug-likeness (QED) is 0.944. The Morgan fingerprint density at radius 2 is 2.04 bits per heavy atom. The van der Waals surface area contributed by atoms with Crippen LogP contribution in [-0.4, -0.2) is 23.3 Å². The monoisotopic (exact) mass is 309 g/mol. The van der Waals surface area contributed by atoms with E-state index in [0.717, 1.165) is 24.2 Å². The maximum Gasteiger partial charge on any atom is 0.251 e. The summed E-state index contributed by atoms with van der Waals surface area (Å²) in [5.41, 5.74) is 2.35. The van der Waals surface area contributed by atoms with Gasteiger partial charge in [0.25, 0.3) is 5.91 Å². The molecule has 0 spiro atoms. The minimum Gasteiger partial charge on any atom is -0.346 e. The lowest BCUT2D eigenvalue weighted by atomic mass is 10.1. The van der Waals surface area contributed by atoms with Crippen molar-refractivity contribution in [2.24, 2.45) is 0 Å². The van der Waals surface area contributed by atoms with Gasteiger partial charge in [0, 0.05) is 36.6 Å². The van der Waals surface area contributed by atoms with Crippen LogP contribution in [0.1, 0.15) is 41.7 Å². The maximum atomic E-state index is 12.4. The van der Waals surface area contributed by atoms with E-state index in [-0.39, 0.29) is 17.9 Å². The summed E-state index contributed by atoms with van der Waals surface area (Å²) >= 11 is 0. The summed E-state index contributed by atoms with van der Waals surface area (Å²) in [6.45, 7) is 2.65. The van der Waals surface area contributed by atoms with Crippen LogP contribution in [0.4, 0.5) is 5.69 Å². The van der Waals surface area contributed by atoms with Crippen LogP contribution in [0.25, 0.3) is 0 Å². The normalized spacial score (nSPS) is 15.5. The minimum absolute atomic E-state index is 0.109. The lowest BCUT2D eigenvalue weighted by Crippen LogP contribution is -2.27. The van der Waals surface area contributed by atoms with Gasteiger partial charge in [0.05, 0.1) is 6.04 Å². The Labute approximate surface area is 135 Å². The number of pyridine rings is 1. The van der Waals surface area contributed by atoms with E-state index in [1.807, 2.05) is 31.2 Å². The second-order valence-corrected chi connectivity index (χ2v) is 5.67. The summed E-state index contributed by atoms with van der Waals surface area (Å²) in [5.74, 6) is -0.0319. The first-order chi connectivity index (χ1) is 11.1. The van der Waals surface area contributed by atoms with Gasteiger partial charge in [-0.05, 0) is 49.2 Å². The average molecular weight is 309 g/mol. The van der Waals surface area contributed by atoms with Gasteiger partial charge in [-0.2, -0.15) is 0 Å². The average Bonchev–Trinajstić information content (AvgIpc) is 3.02. The predicted octanol–water partition coefficient (Wildman–Crippen LogP) is 2.70. The van der Waals surface area contributed by atoms with Crippen LogP contribution >= 0.6 is 0 Å². The van der Waals surface area contributed by atoms with Crippen LogP contribution in [0.3, 0.4) is 0 Å². The molecule has 1 aromatic carbocycles. The lowest BCUT2D eigenvalue weighted by molar-refractivity contribution is -0.117. The molecule has 0 bridgehead atoms. The molecule has 5 heteroatoms. The number of aromatic nitrogens is 1. The number of carbonyl (C=O) groups is 2. The Morgan fingerprint density at radius 1 is 1.26 bits per heavy atom. The number of hydrogen-bond acceptors (Lipinski definition) is 3. The molecule has 0 saturated carbocycles. The van der Waals surface area contributed by atoms with E-state index in [2.05, 4.69) is 10.3 Å². The zero-order chi connectivity index (χ0) is 16.2. The van der Waals surface area contributed by atoms with Crippen LogP contribution in [0, 0.1) is 0 Å². The van der Waals surface area contributed by atoms with Crippen molar-refractivity contribution < 1.29 is 9.59 Å². The van der Waals surface area contributed by atoms with E-state index >= 15 is 0 Å². The summed E-state index contributed by atoms with van der Waals surface area (Å²) in [5, 5.41) is 2.97. The number of hydrogen-bond donors (Lipinski definition) is 1. The number of amides is 2. The van der Waals surface area contributed by atoms with Crippen LogP contribution in [0.2, 0.25) is 0 Å². The molecule has 0 aliphatic carbocycles. The topological polar surface area (TPSA) is 62.3 Å². The van der Waals surface area contributed by atoms with Crippen molar-refractivity contribution in [1.82, 2.24) is 10.3 Å². The molecule has 2 heterocycles. The highest BCUT2D eigenvalue weighted by molar-refractivity contribution is 5.99. The Balaban J connectivity index is 1.74. The Hall–Kier alpha value is -2.69. The molecule has 1 saturated heterocycles. The van der Waals surface area contributed by atoms with Crippen LogP contribution in [0.5, 0.6) is 0 Å². The molecule has 2 aromatic rings. The van der Waals surface area contributed by atoms with Crippen LogP contribution < -0.4 is 10.2 Å². The molecule has 3 rings (SSSR count). The highest BCUT2D eigenvalue weighted by atomic mass is 16.2. The van der Waals surface area contributed by atoms with Crippen molar-refractivity contribution in [1.29, 1.82) is 0 Å². The smallest absolute Gasteiger partial charge is 0.251 e. The molecule has 23 heavy (non-hydrogen) atoms. The number of nitrogens with one attached hydrogen (secondary N) is 1. The molecule has 1 fully saturated rings. The van der Waals surface area contributed by atoms with Crippen LogP contribution in [0.15, 0.2) is 48.8 Å². The van der Waals surface area contributed by atoms with E-state index in [9.17, 15) is 9.59 Å². The second kappa shape index (κ2) is 6.60. The molecule has 2 amide bonds. The molecular weight excluding hydrogens is 290 g/mol. The molecule has 1 N–H and O–H groups in total. The van der Waals surface area contributed by atoms with Gasteiger partial charge in [0.15, 0.2) is 0 Å². The Kier molecular flexibility index (Phi) is 4.37. The fourth-order valence-electron chi connectivity index (χ4n) is 2.75. The number of benzene rings is 1. The first kappa shape index (κ1) is 15.2. The van der Waals surface area contributed by atoms with Gasteiger partial charge >= 0.3 is 0 Å². The number of anilines is 1. The van der Waals surface area contributed by atoms with Crippen LogP contribution in [-0.2, 0) is 4.79 Å². The summed E-state index contributed by atoms with van der Waals surface area (Å²) in [7, 11) is 0. The third kappa shape index (κ3) is 3.39. The number of carbonyl (C=O) groups excluding carboxylic acids is 2. The van der Waals surface area contributed by atoms with E-state index < -0.39 is 0 Å². The second-order valence-electron chi connectivity index (χ2n) is 5.67. The van der Waals surface area contributed by atoms with Gasteiger partial charge in [-0.1, -0.05) is 6.07 Å². The zero-order valence-electron chi connectivity index (χ0n) is 13.0. The van der Waals surface area contributed by atoms with Gasteiger partial charge in [-0.25, -0.2) is 0 Å². The molecule has 0 radical (unpaired) electrons. The van der Waals surface area contributed by atoms with E-state index in [0.29, 0.717) is 12.0 Å². The summed E-state index contributed by atoms with van der Waals surface area (Å²) in [4.78, 5) is 30.0.